The summed E-state index contributed by atoms with van der Waals surface area (Å²) in [7, 11) is 0. The minimum atomic E-state index is 0.566. The summed E-state index contributed by atoms with van der Waals surface area (Å²) in [5, 5.41) is 3.42. The van der Waals surface area contributed by atoms with Crippen LogP contribution in [-0.4, -0.2) is 36.1 Å². The molecule has 4 heteroatoms. The first kappa shape index (κ1) is 14.6. The van der Waals surface area contributed by atoms with Gasteiger partial charge in [0.05, 0.1) is 17.6 Å². The van der Waals surface area contributed by atoms with E-state index in [1.807, 2.05) is 0 Å². The fourth-order valence-electron chi connectivity index (χ4n) is 3.31. The Bertz CT molecular complexity index is 670. The molecule has 1 aliphatic carbocycles. The maximum atomic E-state index is 5.00. The van der Waals surface area contributed by atoms with Gasteiger partial charge in [0.15, 0.2) is 0 Å². The SMILES string of the molecule is Cc1ccc(-c2nc(C3CCC3)ncc2N2CCNCC2)cc1. The van der Waals surface area contributed by atoms with Gasteiger partial charge >= 0.3 is 0 Å². The number of benzene rings is 1. The monoisotopic (exact) mass is 308 g/mol. The zero-order chi connectivity index (χ0) is 15.6. The topological polar surface area (TPSA) is 41.1 Å². The highest BCUT2D eigenvalue weighted by molar-refractivity contribution is 5.74. The van der Waals surface area contributed by atoms with E-state index in [2.05, 4.69) is 47.6 Å². The fraction of sp³-hybridized carbons (Fsp3) is 0.474. The van der Waals surface area contributed by atoms with E-state index in [-0.39, 0.29) is 0 Å². The highest BCUT2D eigenvalue weighted by Crippen LogP contribution is 2.37. The molecule has 120 valence electrons. The van der Waals surface area contributed by atoms with Gasteiger partial charge in [-0.1, -0.05) is 36.2 Å². The summed E-state index contributed by atoms with van der Waals surface area (Å²) in [6.45, 7) is 6.21. The Balaban J connectivity index is 1.75. The van der Waals surface area contributed by atoms with E-state index in [1.54, 1.807) is 0 Å². The molecule has 1 aromatic carbocycles. The van der Waals surface area contributed by atoms with Gasteiger partial charge in [-0.25, -0.2) is 9.97 Å². The normalized spacial score (nSPS) is 18.7. The summed E-state index contributed by atoms with van der Waals surface area (Å²) in [5.74, 6) is 1.60. The Morgan fingerprint density at radius 3 is 2.48 bits per heavy atom. The summed E-state index contributed by atoms with van der Waals surface area (Å²) < 4.78 is 0. The van der Waals surface area contributed by atoms with Crippen molar-refractivity contribution in [3.8, 4) is 11.3 Å². The first-order valence-electron chi connectivity index (χ1n) is 8.71. The van der Waals surface area contributed by atoms with Crippen molar-refractivity contribution in [3.63, 3.8) is 0 Å². The minimum Gasteiger partial charge on any atom is -0.366 e. The molecule has 1 N–H and O–H groups in total. The zero-order valence-corrected chi connectivity index (χ0v) is 13.8. The third-order valence-corrected chi connectivity index (χ3v) is 5.04. The molecule has 4 nitrogen and oxygen atoms in total. The quantitative estimate of drug-likeness (QED) is 0.946. The van der Waals surface area contributed by atoms with Gasteiger partial charge in [0.25, 0.3) is 0 Å². The van der Waals surface area contributed by atoms with Crippen molar-refractivity contribution in [2.45, 2.75) is 32.1 Å². The van der Waals surface area contributed by atoms with Crippen molar-refractivity contribution in [3.05, 3.63) is 41.9 Å². The number of hydrogen-bond acceptors (Lipinski definition) is 4. The third-order valence-electron chi connectivity index (χ3n) is 5.04. The van der Waals surface area contributed by atoms with E-state index in [9.17, 15) is 0 Å². The molecule has 2 aliphatic rings. The summed E-state index contributed by atoms with van der Waals surface area (Å²) >= 11 is 0. The maximum absolute atomic E-state index is 5.00. The smallest absolute Gasteiger partial charge is 0.132 e. The van der Waals surface area contributed by atoms with E-state index in [0.29, 0.717) is 5.92 Å². The second-order valence-electron chi connectivity index (χ2n) is 6.69. The molecule has 0 spiro atoms. The molecule has 0 amide bonds. The van der Waals surface area contributed by atoms with Gasteiger partial charge in [-0.15, -0.1) is 0 Å². The van der Waals surface area contributed by atoms with Gasteiger partial charge in [0.1, 0.15) is 5.82 Å². The molecule has 0 atom stereocenters. The second kappa shape index (κ2) is 6.28. The minimum absolute atomic E-state index is 0.566. The highest BCUT2D eigenvalue weighted by atomic mass is 15.2. The van der Waals surface area contributed by atoms with Crippen LogP contribution >= 0.6 is 0 Å². The van der Waals surface area contributed by atoms with Crippen LogP contribution in [0.2, 0.25) is 0 Å². The number of piperazine rings is 1. The average Bonchev–Trinajstić information content (AvgIpc) is 2.55. The van der Waals surface area contributed by atoms with Gasteiger partial charge in [0.2, 0.25) is 0 Å². The lowest BCUT2D eigenvalue weighted by atomic mass is 9.84. The Labute approximate surface area is 138 Å². The van der Waals surface area contributed by atoms with Crippen molar-refractivity contribution in [1.29, 1.82) is 0 Å². The largest absolute Gasteiger partial charge is 0.366 e. The number of nitrogens with zero attached hydrogens (tertiary/aromatic N) is 3. The molecule has 1 saturated heterocycles. The van der Waals surface area contributed by atoms with Crippen LogP contribution in [0.1, 0.15) is 36.6 Å². The van der Waals surface area contributed by atoms with Gasteiger partial charge < -0.3 is 10.2 Å². The predicted molar refractivity (Wildman–Crippen MR) is 93.9 cm³/mol. The molecule has 2 fully saturated rings. The summed E-state index contributed by atoms with van der Waals surface area (Å²) in [6, 6.07) is 8.71. The van der Waals surface area contributed by atoms with Crippen LogP contribution in [0.5, 0.6) is 0 Å². The molecular weight excluding hydrogens is 284 g/mol. The summed E-state index contributed by atoms with van der Waals surface area (Å²) in [5.41, 5.74) is 4.76. The van der Waals surface area contributed by atoms with E-state index in [4.69, 9.17) is 9.97 Å². The van der Waals surface area contributed by atoms with Crippen molar-refractivity contribution in [2.24, 2.45) is 0 Å². The van der Waals surface area contributed by atoms with E-state index in [1.165, 1.54) is 36.1 Å². The van der Waals surface area contributed by atoms with Crippen molar-refractivity contribution < 1.29 is 0 Å². The number of nitrogens with one attached hydrogen (secondary N) is 1. The maximum Gasteiger partial charge on any atom is 0.132 e. The van der Waals surface area contributed by atoms with Crippen molar-refractivity contribution >= 4 is 5.69 Å². The molecule has 1 saturated carbocycles. The third kappa shape index (κ3) is 2.95. The molecule has 4 rings (SSSR count). The average molecular weight is 308 g/mol. The lowest BCUT2D eigenvalue weighted by molar-refractivity contribution is 0.401. The first-order chi connectivity index (χ1) is 11.3. The molecule has 0 radical (unpaired) electrons. The van der Waals surface area contributed by atoms with Crippen molar-refractivity contribution in [2.75, 3.05) is 31.1 Å². The van der Waals surface area contributed by atoms with Crippen LogP contribution in [0.3, 0.4) is 0 Å². The van der Waals surface area contributed by atoms with Crippen LogP contribution in [0.4, 0.5) is 5.69 Å². The van der Waals surface area contributed by atoms with Crippen LogP contribution in [0, 0.1) is 6.92 Å². The molecule has 1 aliphatic heterocycles. The standard InChI is InChI=1S/C19H24N4/c1-14-5-7-15(8-6-14)18-17(23-11-9-20-10-12-23)13-21-19(22-18)16-3-2-4-16/h5-8,13,16,20H,2-4,9-12H2,1H3. The lowest BCUT2D eigenvalue weighted by Gasteiger charge is -2.31. The van der Waals surface area contributed by atoms with Crippen LogP contribution in [-0.2, 0) is 0 Å². The number of aromatic nitrogens is 2. The van der Waals surface area contributed by atoms with Gasteiger partial charge in [-0.3, -0.25) is 0 Å². The van der Waals surface area contributed by atoms with E-state index >= 15 is 0 Å². The van der Waals surface area contributed by atoms with Gasteiger partial charge in [-0.05, 0) is 19.8 Å². The number of rotatable bonds is 3. The number of anilines is 1. The second-order valence-corrected chi connectivity index (χ2v) is 6.69. The van der Waals surface area contributed by atoms with Crippen LogP contribution in [0.15, 0.2) is 30.5 Å². The van der Waals surface area contributed by atoms with Gasteiger partial charge in [0, 0.05) is 37.7 Å². The molecule has 2 heterocycles. The summed E-state index contributed by atoms with van der Waals surface area (Å²) in [4.78, 5) is 12.1. The molecule has 0 unspecified atom stereocenters. The predicted octanol–water partition coefficient (Wildman–Crippen LogP) is 3.13. The highest BCUT2D eigenvalue weighted by Gasteiger charge is 2.25. The molecule has 0 bridgehead atoms. The number of aryl methyl sites for hydroxylation is 1. The molecular formula is C19H24N4. The van der Waals surface area contributed by atoms with Gasteiger partial charge in [-0.2, -0.15) is 0 Å². The molecule has 23 heavy (non-hydrogen) atoms. The molecule has 2 aromatic rings. The van der Waals surface area contributed by atoms with Crippen LogP contribution < -0.4 is 10.2 Å². The van der Waals surface area contributed by atoms with E-state index in [0.717, 1.165) is 37.7 Å². The van der Waals surface area contributed by atoms with Crippen LogP contribution in [0.25, 0.3) is 11.3 Å². The Morgan fingerprint density at radius 2 is 1.83 bits per heavy atom. The Kier molecular flexibility index (Phi) is 4.00. The fourth-order valence-corrected chi connectivity index (χ4v) is 3.31. The Morgan fingerprint density at radius 1 is 1.09 bits per heavy atom. The van der Waals surface area contributed by atoms with Crippen molar-refractivity contribution in [1.82, 2.24) is 15.3 Å². The Hall–Kier alpha value is -1.94. The first-order valence-corrected chi connectivity index (χ1v) is 8.71. The summed E-state index contributed by atoms with van der Waals surface area (Å²) in [6.07, 6.45) is 5.84. The van der Waals surface area contributed by atoms with E-state index < -0.39 is 0 Å². The lowest BCUT2D eigenvalue weighted by Crippen LogP contribution is -2.43. The molecule has 1 aromatic heterocycles. The zero-order valence-electron chi connectivity index (χ0n) is 13.8. The number of hydrogen-bond donors (Lipinski definition) is 1.